The Morgan fingerprint density at radius 1 is 0.600 bits per heavy atom. The van der Waals surface area contributed by atoms with Crippen LogP contribution in [0.1, 0.15) is 106 Å². The average Bonchev–Trinajstić information content (AvgIpc) is 3.49. The Labute approximate surface area is 241 Å². The summed E-state index contributed by atoms with van der Waals surface area (Å²) in [5, 5.41) is 0. The molecule has 4 aromatic carbocycles. The number of aliphatic imine (C=N–C) groups is 1. The quantitative estimate of drug-likeness (QED) is 0.113. The summed E-state index contributed by atoms with van der Waals surface area (Å²) in [7, 11) is 0. The van der Waals surface area contributed by atoms with Gasteiger partial charge in [-0.3, -0.25) is 4.99 Å². The molecule has 204 valence electrons. The highest BCUT2D eigenvalue weighted by molar-refractivity contribution is 5.87. The topological polar surface area (TPSA) is 12.4 Å². The second-order valence-corrected chi connectivity index (χ2v) is 12.0. The zero-order valence-corrected chi connectivity index (χ0v) is 24.4. The lowest BCUT2D eigenvalue weighted by molar-refractivity contribution is 0.401. The van der Waals surface area contributed by atoms with Crippen LogP contribution in [-0.4, -0.2) is 6.21 Å². The van der Waals surface area contributed by atoms with Crippen molar-refractivity contribution < 1.29 is 0 Å². The van der Waals surface area contributed by atoms with E-state index in [4.69, 9.17) is 4.99 Å². The molecule has 0 amide bonds. The fourth-order valence-electron chi connectivity index (χ4n) is 7.29. The molecule has 2 aliphatic rings. The van der Waals surface area contributed by atoms with Gasteiger partial charge in [0, 0.05) is 11.6 Å². The number of rotatable bonds is 12. The van der Waals surface area contributed by atoms with Gasteiger partial charge in [0.1, 0.15) is 0 Å². The zero-order chi connectivity index (χ0) is 27.4. The minimum Gasteiger partial charge on any atom is -0.256 e. The second-order valence-electron chi connectivity index (χ2n) is 12.0. The molecule has 0 saturated carbocycles. The molecule has 0 atom stereocenters. The summed E-state index contributed by atoms with van der Waals surface area (Å²) < 4.78 is 0. The summed E-state index contributed by atoms with van der Waals surface area (Å²) in [6.07, 6.45) is 16.0. The van der Waals surface area contributed by atoms with E-state index in [1.807, 2.05) is 0 Å². The zero-order valence-electron chi connectivity index (χ0n) is 24.4. The van der Waals surface area contributed by atoms with Crippen molar-refractivity contribution in [3.05, 3.63) is 113 Å². The van der Waals surface area contributed by atoms with Crippen molar-refractivity contribution in [2.75, 3.05) is 0 Å². The summed E-state index contributed by atoms with van der Waals surface area (Å²) >= 11 is 0. The highest BCUT2D eigenvalue weighted by atomic mass is 14.7. The van der Waals surface area contributed by atoms with Crippen LogP contribution in [-0.2, 0) is 11.8 Å². The van der Waals surface area contributed by atoms with Gasteiger partial charge in [-0.2, -0.15) is 0 Å². The van der Waals surface area contributed by atoms with Crippen LogP contribution in [0.4, 0.5) is 5.69 Å². The van der Waals surface area contributed by atoms with E-state index in [-0.39, 0.29) is 5.41 Å². The minimum atomic E-state index is 0.109. The highest BCUT2D eigenvalue weighted by Crippen LogP contribution is 2.55. The maximum atomic E-state index is 5.05. The third-order valence-electron chi connectivity index (χ3n) is 9.35. The molecule has 0 fully saturated rings. The minimum absolute atomic E-state index is 0.109. The Kier molecular flexibility index (Phi) is 8.00. The maximum Gasteiger partial charge on any atom is 0.0633 e. The average molecular weight is 526 g/mol. The van der Waals surface area contributed by atoms with Gasteiger partial charge in [0.15, 0.2) is 0 Å². The first-order chi connectivity index (χ1) is 19.7. The van der Waals surface area contributed by atoms with Crippen LogP contribution in [0.3, 0.4) is 0 Å². The van der Waals surface area contributed by atoms with Crippen molar-refractivity contribution in [1.29, 1.82) is 0 Å². The van der Waals surface area contributed by atoms with Crippen molar-refractivity contribution >= 4 is 11.9 Å². The summed E-state index contributed by atoms with van der Waals surface area (Å²) in [5.74, 6) is 0. The van der Waals surface area contributed by atoms with E-state index in [2.05, 4.69) is 105 Å². The molecule has 1 heteroatoms. The smallest absolute Gasteiger partial charge is 0.0633 e. The molecule has 4 aromatic rings. The Morgan fingerprint density at radius 3 is 2.02 bits per heavy atom. The molecule has 0 spiro atoms. The molecular weight excluding hydrogens is 482 g/mol. The predicted octanol–water partition coefficient (Wildman–Crippen LogP) is 11.2. The van der Waals surface area contributed by atoms with E-state index in [0.29, 0.717) is 0 Å². The van der Waals surface area contributed by atoms with Gasteiger partial charge in [0.25, 0.3) is 0 Å². The van der Waals surface area contributed by atoms with Crippen LogP contribution in [0.2, 0.25) is 0 Å². The highest BCUT2D eigenvalue weighted by Gasteiger charge is 2.42. The standard InChI is InChI=1S/C39H43N/c1-3-5-7-13-23-39(24-14-8-6-4-2)37-18-12-11-17-35(37)36-22-20-32(27-38(36)39)40-28-29-19-21-34-31(25-29)26-30-15-9-10-16-33(30)34/h9-12,15-22,25,27-28H,3-8,13-14,23-24,26H2,1-2H3. The van der Waals surface area contributed by atoms with Crippen molar-refractivity contribution in [1.82, 2.24) is 0 Å². The number of benzene rings is 4. The number of hydrogen-bond acceptors (Lipinski definition) is 1. The lowest BCUT2D eigenvalue weighted by Gasteiger charge is -2.33. The first-order valence-corrected chi connectivity index (χ1v) is 15.7. The van der Waals surface area contributed by atoms with Gasteiger partial charge in [0.2, 0.25) is 0 Å². The molecule has 0 aliphatic heterocycles. The predicted molar refractivity (Wildman–Crippen MR) is 172 cm³/mol. The van der Waals surface area contributed by atoms with Gasteiger partial charge in [-0.15, -0.1) is 0 Å². The molecule has 0 N–H and O–H groups in total. The third kappa shape index (κ3) is 5.07. The number of fused-ring (bicyclic) bond motifs is 6. The summed E-state index contributed by atoms with van der Waals surface area (Å²) in [4.78, 5) is 5.05. The molecule has 0 radical (unpaired) electrons. The fourth-order valence-corrected chi connectivity index (χ4v) is 7.29. The molecule has 0 bridgehead atoms. The van der Waals surface area contributed by atoms with Crippen LogP contribution in [0, 0.1) is 0 Å². The Morgan fingerprint density at radius 2 is 1.25 bits per heavy atom. The first-order valence-electron chi connectivity index (χ1n) is 15.7. The lowest BCUT2D eigenvalue weighted by atomic mass is 9.70. The van der Waals surface area contributed by atoms with Gasteiger partial charge < -0.3 is 0 Å². The van der Waals surface area contributed by atoms with E-state index < -0.39 is 0 Å². The fraction of sp³-hybridized carbons (Fsp3) is 0.359. The number of nitrogens with zero attached hydrogens (tertiary/aromatic N) is 1. The molecular formula is C39H43N. The van der Waals surface area contributed by atoms with E-state index in [1.54, 1.807) is 5.56 Å². The molecule has 0 heterocycles. The van der Waals surface area contributed by atoms with Crippen LogP contribution < -0.4 is 0 Å². The van der Waals surface area contributed by atoms with Gasteiger partial charge in [-0.1, -0.05) is 132 Å². The van der Waals surface area contributed by atoms with Crippen LogP contribution in [0.5, 0.6) is 0 Å². The third-order valence-corrected chi connectivity index (χ3v) is 9.35. The van der Waals surface area contributed by atoms with Gasteiger partial charge in [-0.25, -0.2) is 0 Å². The van der Waals surface area contributed by atoms with E-state index in [0.717, 1.165) is 12.1 Å². The van der Waals surface area contributed by atoms with Crippen LogP contribution >= 0.6 is 0 Å². The van der Waals surface area contributed by atoms with Gasteiger partial charge in [-0.05, 0) is 87.5 Å². The van der Waals surface area contributed by atoms with Gasteiger partial charge in [0.05, 0.1) is 5.69 Å². The molecule has 2 aliphatic carbocycles. The largest absolute Gasteiger partial charge is 0.256 e. The van der Waals surface area contributed by atoms with Crippen molar-refractivity contribution in [2.24, 2.45) is 4.99 Å². The SMILES string of the molecule is CCCCCCC1(CCCCCC)c2ccccc2-c2ccc(N=Cc3ccc4c(c3)Cc3ccccc3-4)cc21. The molecule has 0 unspecified atom stereocenters. The monoisotopic (exact) mass is 525 g/mol. The molecule has 40 heavy (non-hydrogen) atoms. The molecule has 0 aromatic heterocycles. The van der Waals surface area contributed by atoms with E-state index in [1.165, 1.54) is 109 Å². The Hall–Kier alpha value is -3.45. The Balaban J connectivity index is 1.32. The van der Waals surface area contributed by atoms with Crippen LogP contribution in [0.25, 0.3) is 22.3 Å². The summed E-state index contributed by atoms with van der Waals surface area (Å²) in [6, 6.07) is 31.8. The Bertz CT molecular complexity index is 1500. The molecule has 6 rings (SSSR count). The summed E-state index contributed by atoms with van der Waals surface area (Å²) in [6.45, 7) is 4.62. The molecule has 0 saturated heterocycles. The van der Waals surface area contributed by atoms with E-state index in [9.17, 15) is 0 Å². The van der Waals surface area contributed by atoms with Crippen LogP contribution in [0.15, 0.2) is 89.9 Å². The summed E-state index contributed by atoms with van der Waals surface area (Å²) in [5.41, 5.74) is 13.9. The normalized spacial score (nSPS) is 14.2. The van der Waals surface area contributed by atoms with Crippen molar-refractivity contribution in [2.45, 2.75) is 89.9 Å². The number of unbranched alkanes of at least 4 members (excludes halogenated alkanes) is 6. The second kappa shape index (κ2) is 12.0. The molecule has 1 nitrogen and oxygen atoms in total. The number of hydrogen-bond donors (Lipinski definition) is 0. The van der Waals surface area contributed by atoms with Crippen molar-refractivity contribution in [3.63, 3.8) is 0 Å². The van der Waals surface area contributed by atoms with Crippen molar-refractivity contribution in [3.8, 4) is 22.3 Å². The van der Waals surface area contributed by atoms with E-state index >= 15 is 0 Å². The first kappa shape index (κ1) is 26.8. The van der Waals surface area contributed by atoms with Gasteiger partial charge >= 0.3 is 0 Å². The maximum absolute atomic E-state index is 5.05. The lowest BCUT2D eigenvalue weighted by Crippen LogP contribution is -2.25.